The zero-order valence-corrected chi connectivity index (χ0v) is 17.6. The first-order valence-corrected chi connectivity index (χ1v) is 9.96. The Bertz CT molecular complexity index is 956. The number of hydrogen-bond acceptors (Lipinski definition) is 4. The Hall–Kier alpha value is -3.54. The second kappa shape index (κ2) is 11.2. The van der Waals surface area contributed by atoms with Crippen LogP contribution in [0.25, 0.3) is 0 Å². The molecule has 0 aromatic heterocycles. The molecule has 0 aliphatic heterocycles. The van der Waals surface area contributed by atoms with Crippen LogP contribution in [0.2, 0.25) is 0 Å². The average Bonchev–Trinajstić information content (AvgIpc) is 2.75. The zero-order chi connectivity index (χ0) is 23.7. The number of benzene rings is 2. The van der Waals surface area contributed by atoms with Crippen molar-refractivity contribution in [3.63, 3.8) is 0 Å². The monoisotopic (exact) mass is 447 g/mol. The van der Waals surface area contributed by atoms with E-state index in [4.69, 9.17) is 10.00 Å². The fourth-order valence-corrected chi connectivity index (χ4v) is 3.16. The minimum Gasteiger partial charge on any atom is -0.436 e. The largest absolute Gasteiger partial charge is 0.436 e. The number of carbonyl (C=O) groups excluding carboxylic acids is 2. The van der Waals surface area contributed by atoms with Gasteiger partial charge in [0.15, 0.2) is 6.10 Å². The summed E-state index contributed by atoms with van der Waals surface area (Å²) < 4.78 is 46.2. The molecule has 0 saturated carbocycles. The van der Waals surface area contributed by atoms with Gasteiger partial charge >= 0.3 is 12.3 Å². The van der Waals surface area contributed by atoms with Gasteiger partial charge in [0.25, 0.3) is 0 Å². The Balaban J connectivity index is 2.34. The summed E-state index contributed by atoms with van der Waals surface area (Å²) >= 11 is 0. The van der Waals surface area contributed by atoms with Crippen LogP contribution in [0, 0.1) is 17.2 Å². The van der Waals surface area contributed by atoms with Gasteiger partial charge in [-0.1, -0.05) is 62.4 Å². The molecule has 0 aliphatic carbocycles. The van der Waals surface area contributed by atoms with Crippen molar-refractivity contribution in [1.82, 2.24) is 10.6 Å². The fourth-order valence-electron chi connectivity index (χ4n) is 3.16. The molecule has 2 atom stereocenters. The summed E-state index contributed by atoms with van der Waals surface area (Å²) in [6, 6.07) is 13.7. The van der Waals surface area contributed by atoms with Crippen LogP contribution < -0.4 is 10.6 Å². The number of halogens is 3. The Morgan fingerprint density at radius 2 is 1.69 bits per heavy atom. The lowest BCUT2D eigenvalue weighted by molar-refractivity contribution is -0.139. The molecule has 9 heteroatoms. The Labute approximate surface area is 184 Å². The van der Waals surface area contributed by atoms with E-state index in [1.165, 1.54) is 18.2 Å². The van der Waals surface area contributed by atoms with Crippen LogP contribution in [0.5, 0.6) is 0 Å². The average molecular weight is 447 g/mol. The zero-order valence-electron chi connectivity index (χ0n) is 17.6. The predicted molar refractivity (Wildman–Crippen MR) is 111 cm³/mol. The molecule has 0 fully saturated rings. The van der Waals surface area contributed by atoms with Crippen LogP contribution in [0.15, 0.2) is 54.6 Å². The van der Waals surface area contributed by atoms with E-state index in [0.717, 1.165) is 6.07 Å². The molecule has 32 heavy (non-hydrogen) atoms. The van der Waals surface area contributed by atoms with E-state index in [9.17, 15) is 22.8 Å². The third-order valence-corrected chi connectivity index (χ3v) is 4.53. The van der Waals surface area contributed by atoms with E-state index in [1.54, 1.807) is 36.4 Å². The van der Waals surface area contributed by atoms with Crippen molar-refractivity contribution < 1.29 is 27.5 Å². The summed E-state index contributed by atoms with van der Waals surface area (Å²) in [4.78, 5) is 25.0. The quantitative estimate of drug-likeness (QED) is 0.580. The number of nitrogens with zero attached hydrogens (tertiary/aromatic N) is 1. The van der Waals surface area contributed by atoms with Gasteiger partial charge in [0.2, 0.25) is 5.91 Å². The molecular formula is C23H24F3N3O3. The number of carbonyl (C=O) groups is 2. The van der Waals surface area contributed by atoms with E-state index in [0.29, 0.717) is 5.56 Å². The summed E-state index contributed by atoms with van der Waals surface area (Å²) in [5.41, 5.74) is -0.809. The van der Waals surface area contributed by atoms with Gasteiger partial charge in [0.1, 0.15) is 12.6 Å². The molecule has 2 rings (SSSR count). The highest BCUT2D eigenvalue weighted by Gasteiger charge is 2.36. The summed E-state index contributed by atoms with van der Waals surface area (Å²) in [6.45, 7) is 3.43. The maximum Gasteiger partial charge on any atom is 0.416 e. The van der Waals surface area contributed by atoms with E-state index >= 15 is 0 Å². The first kappa shape index (κ1) is 24.7. The van der Waals surface area contributed by atoms with Crippen molar-refractivity contribution in [3.05, 3.63) is 71.3 Å². The minimum absolute atomic E-state index is 0.0176. The number of ether oxygens (including phenoxy) is 1. The molecule has 2 aromatic rings. The number of alkyl carbamates (subject to hydrolysis) is 1. The number of hydrogen-bond donors (Lipinski definition) is 2. The van der Waals surface area contributed by atoms with Crippen LogP contribution in [0.3, 0.4) is 0 Å². The van der Waals surface area contributed by atoms with Crippen molar-refractivity contribution in [3.8, 4) is 6.07 Å². The summed E-state index contributed by atoms with van der Waals surface area (Å²) in [6.07, 6.45) is -6.80. The minimum atomic E-state index is -4.65. The highest BCUT2D eigenvalue weighted by molar-refractivity contribution is 5.85. The van der Waals surface area contributed by atoms with Crippen molar-refractivity contribution >= 4 is 12.0 Å². The van der Waals surface area contributed by atoms with Crippen LogP contribution >= 0.6 is 0 Å². The standard InChI is InChI=1S/C23H24F3N3O3/c1-15(2)14-19(21(30)28-13-12-27)29-22(31)32-20(16-8-4-3-5-9-16)17-10-6-7-11-18(17)23(24,25)26/h3-11,15,19-20H,13-14H2,1-2H3,(H,28,30)(H,29,31)/t19-,20?/m0/s1. The van der Waals surface area contributed by atoms with Gasteiger partial charge in [-0.2, -0.15) is 18.4 Å². The van der Waals surface area contributed by atoms with Crippen LogP contribution in [-0.4, -0.2) is 24.6 Å². The first-order valence-electron chi connectivity index (χ1n) is 9.96. The normalized spacial score (nSPS) is 13.0. The smallest absolute Gasteiger partial charge is 0.416 e. The molecule has 2 aromatic carbocycles. The molecule has 170 valence electrons. The molecule has 0 spiro atoms. The highest BCUT2D eigenvalue weighted by atomic mass is 19.4. The predicted octanol–water partition coefficient (Wildman–Crippen LogP) is 4.58. The number of amides is 2. The maximum atomic E-state index is 13.6. The van der Waals surface area contributed by atoms with Gasteiger partial charge in [0, 0.05) is 5.56 Å². The van der Waals surface area contributed by atoms with Gasteiger partial charge in [-0.05, 0) is 24.0 Å². The van der Waals surface area contributed by atoms with Gasteiger partial charge in [-0.25, -0.2) is 4.79 Å². The summed E-state index contributed by atoms with van der Waals surface area (Å²) in [5.74, 6) is -0.562. The van der Waals surface area contributed by atoms with Crippen molar-refractivity contribution in [2.75, 3.05) is 6.54 Å². The Morgan fingerprint density at radius 1 is 1.06 bits per heavy atom. The first-order chi connectivity index (χ1) is 15.1. The lowest BCUT2D eigenvalue weighted by Gasteiger charge is -2.25. The molecule has 0 saturated heterocycles. The van der Waals surface area contributed by atoms with E-state index in [2.05, 4.69) is 10.6 Å². The van der Waals surface area contributed by atoms with Crippen LogP contribution in [0.4, 0.5) is 18.0 Å². The van der Waals surface area contributed by atoms with Crippen LogP contribution in [-0.2, 0) is 15.7 Å². The van der Waals surface area contributed by atoms with Gasteiger partial charge in [0.05, 0.1) is 11.6 Å². The summed E-state index contributed by atoms with van der Waals surface area (Å²) in [5, 5.41) is 13.4. The van der Waals surface area contributed by atoms with Crippen LogP contribution in [0.1, 0.15) is 43.1 Å². The van der Waals surface area contributed by atoms with Crippen molar-refractivity contribution in [2.45, 2.75) is 38.6 Å². The number of nitriles is 1. The van der Waals surface area contributed by atoms with E-state index in [-0.39, 0.29) is 24.4 Å². The summed E-state index contributed by atoms with van der Waals surface area (Å²) in [7, 11) is 0. The SMILES string of the molecule is CC(C)C[C@H](NC(=O)OC(c1ccccc1)c1ccccc1C(F)(F)F)C(=O)NCC#N. The molecule has 6 nitrogen and oxygen atoms in total. The topological polar surface area (TPSA) is 91.2 Å². The molecule has 2 amide bonds. The van der Waals surface area contributed by atoms with Crippen molar-refractivity contribution in [2.24, 2.45) is 5.92 Å². The third-order valence-electron chi connectivity index (χ3n) is 4.53. The molecule has 0 aliphatic rings. The number of alkyl halides is 3. The molecular weight excluding hydrogens is 423 g/mol. The lowest BCUT2D eigenvalue weighted by atomic mass is 9.96. The third kappa shape index (κ3) is 7.01. The Morgan fingerprint density at radius 3 is 2.28 bits per heavy atom. The fraction of sp³-hybridized carbons (Fsp3) is 0.348. The molecule has 0 radical (unpaired) electrons. The van der Waals surface area contributed by atoms with Crippen molar-refractivity contribution in [1.29, 1.82) is 5.26 Å². The highest BCUT2D eigenvalue weighted by Crippen LogP contribution is 2.38. The Kier molecular flexibility index (Phi) is 8.64. The molecule has 0 heterocycles. The molecule has 1 unspecified atom stereocenters. The van der Waals surface area contributed by atoms with Gasteiger partial charge < -0.3 is 15.4 Å². The number of rotatable bonds is 8. The van der Waals surface area contributed by atoms with Gasteiger partial charge in [-0.3, -0.25) is 4.79 Å². The molecule has 0 bridgehead atoms. The second-order valence-corrected chi connectivity index (χ2v) is 7.48. The molecule has 2 N–H and O–H groups in total. The van der Waals surface area contributed by atoms with E-state index < -0.39 is 35.9 Å². The van der Waals surface area contributed by atoms with E-state index in [1.807, 2.05) is 13.8 Å². The lowest BCUT2D eigenvalue weighted by Crippen LogP contribution is -2.47. The maximum absolute atomic E-state index is 13.6. The van der Waals surface area contributed by atoms with Gasteiger partial charge in [-0.15, -0.1) is 0 Å². The number of nitrogens with one attached hydrogen (secondary N) is 2. The second-order valence-electron chi connectivity index (χ2n) is 7.48.